The summed E-state index contributed by atoms with van der Waals surface area (Å²) in [7, 11) is 0. The molecule has 0 spiro atoms. The normalized spacial score (nSPS) is 3.33. The average molecular weight is 296 g/mol. The Hall–Kier alpha value is 1.10. The van der Waals surface area contributed by atoms with Gasteiger partial charge in [-0.1, -0.05) is 0 Å². The maximum absolute atomic E-state index is 9.35. The first-order valence-corrected chi connectivity index (χ1v) is 6.32. The van der Waals surface area contributed by atoms with E-state index < -0.39 is 46.7 Å². The Kier molecular flexibility index (Phi) is 16.0. The van der Waals surface area contributed by atoms with Gasteiger partial charge in [0.25, 0.3) is 0 Å². The minimum absolute atomic E-state index is 0. The van der Waals surface area contributed by atoms with Crippen molar-refractivity contribution in [3.8, 4) is 0 Å². The summed E-state index contributed by atoms with van der Waals surface area (Å²) in [5, 5.41) is 0. The van der Waals surface area contributed by atoms with Gasteiger partial charge in [0, 0.05) is 0 Å². The Balaban J connectivity index is 0. The molecule has 0 heterocycles. The van der Waals surface area contributed by atoms with Crippen LogP contribution in [0.1, 0.15) is 0 Å². The molecule has 2 N–H and O–H groups in total. The summed E-state index contributed by atoms with van der Waals surface area (Å²) in [4.78, 5) is 0. The fourth-order valence-corrected chi connectivity index (χ4v) is 1.02. The molecule has 0 radical (unpaired) electrons. The Labute approximate surface area is 58.4 Å². The van der Waals surface area contributed by atoms with Crippen LogP contribution in [0.3, 0.4) is 0 Å². The predicted molar refractivity (Wildman–Crippen MR) is 17.6 cm³/mol. The van der Waals surface area contributed by atoms with Crippen LogP contribution in [0.25, 0.3) is 0 Å². The number of hydrogen-bond donors (Lipinski definition) is 0. The van der Waals surface area contributed by atoms with Crippen molar-refractivity contribution in [2.24, 2.45) is 0 Å². The van der Waals surface area contributed by atoms with Gasteiger partial charge in [0.05, 0.1) is 0 Å². The first-order chi connectivity index (χ1) is 2.41. The molecule has 0 aromatic rings. The Morgan fingerprint density at radius 3 is 1.50 bits per heavy atom. The van der Waals surface area contributed by atoms with E-state index in [-0.39, 0.29) is 5.48 Å². The molecule has 0 aliphatic heterocycles. The molecule has 0 saturated carbocycles. The molecule has 0 aliphatic rings. The SMILES string of the molecule is O.[O]=[In][O][In]=[O]. The molecular weight excluding hydrogens is 294 g/mol. The van der Waals surface area contributed by atoms with Crippen LogP contribution in [-0.4, -0.2) is 52.2 Å². The molecule has 0 saturated heterocycles. The minimum atomic E-state index is -1.91. The molecule has 0 atom stereocenters. The molecule has 0 aliphatic carbocycles. The van der Waals surface area contributed by atoms with Crippen molar-refractivity contribution >= 4 is 46.7 Å². The molecule has 0 bridgehead atoms. The molecule has 32 valence electrons. The van der Waals surface area contributed by atoms with Gasteiger partial charge in [-0.15, -0.1) is 0 Å². The van der Waals surface area contributed by atoms with Crippen LogP contribution in [-0.2, 0) is 6.68 Å². The van der Waals surface area contributed by atoms with Crippen molar-refractivity contribution in [2.75, 3.05) is 0 Å². The van der Waals surface area contributed by atoms with E-state index in [0.717, 1.165) is 0 Å². The van der Waals surface area contributed by atoms with Crippen LogP contribution in [0.5, 0.6) is 0 Å². The van der Waals surface area contributed by atoms with E-state index in [1.807, 2.05) is 0 Å². The second-order valence-corrected chi connectivity index (χ2v) is 7.41. The summed E-state index contributed by atoms with van der Waals surface area (Å²) >= 11 is -3.81. The summed E-state index contributed by atoms with van der Waals surface area (Å²) in [5.74, 6) is 0. The molecule has 4 nitrogen and oxygen atoms in total. The van der Waals surface area contributed by atoms with E-state index in [9.17, 15) is 5.71 Å². The third-order valence-corrected chi connectivity index (χ3v) is 5.00. The molecule has 0 aromatic carbocycles. The maximum atomic E-state index is 9.35. The van der Waals surface area contributed by atoms with Gasteiger partial charge >= 0.3 is 53.4 Å². The van der Waals surface area contributed by atoms with E-state index in [1.165, 1.54) is 0 Å². The van der Waals surface area contributed by atoms with Crippen molar-refractivity contribution < 1.29 is 12.2 Å². The summed E-state index contributed by atoms with van der Waals surface area (Å²) in [6, 6.07) is 0. The molecule has 0 fully saturated rings. The molecule has 0 rings (SSSR count). The quantitative estimate of drug-likeness (QED) is 0.598. The number of hydrogen-bond acceptors (Lipinski definition) is 3. The fraction of sp³-hybridized carbons (Fsp3) is 0. The third-order valence-electron chi connectivity index (χ3n) is 0.111. The second-order valence-electron chi connectivity index (χ2n) is 0.329. The first-order valence-electron chi connectivity index (χ1n) is 0.943. The van der Waals surface area contributed by atoms with Crippen LogP contribution < -0.4 is 0 Å². The van der Waals surface area contributed by atoms with Gasteiger partial charge in [-0.3, -0.25) is 0 Å². The van der Waals surface area contributed by atoms with Crippen LogP contribution in [0.2, 0.25) is 0 Å². The van der Waals surface area contributed by atoms with E-state index in [1.54, 1.807) is 0 Å². The van der Waals surface area contributed by atoms with Crippen LogP contribution in [0, 0.1) is 0 Å². The zero-order chi connectivity index (χ0) is 4.12. The summed E-state index contributed by atoms with van der Waals surface area (Å²) in [5.41, 5.74) is 0. The van der Waals surface area contributed by atoms with Gasteiger partial charge in [-0.2, -0.15) is 0 Å². The molecule has 0 unspecified atom stereocenters. The van der Waals surface area contributed by atoms with Crippen LogP contribution in [0.4, 0.5) is 0 Å². The number of rotatable bonds is 2. The Morgan fingerprint density at radius 1 is 1.17 bits per heavy atom. The zero-order valence-electron chi connectivity index (χ0n) is 2.88. The molecular formula is H2In2O4. The predicted octanol–water partition coefficient (Wildman–Crippen LogP) is -1.89. The fourth-order valence-electron chi connectivity index (χ4n) is 0.0227. The summed E-state index contributed by atoms with van der Waals surface area (Å²) < 4.78 is 22.8. The molecule has 6 heavy (non-hydrogen) atoms. The second kappa shape index (κ2) is 9.44. The van der Waals surface area contributed by atoms with Gasteiger partial charge < -0.3 is 5.48 Å². The van der Waals surface area contributed by atoms with Crippen LogP contribution >= 0.6 is 0 Å². The van der Waals surface area contributed by atoms with Crippen molar-refractivity contribution in [1.29, 1.82) is 0 Å². The van der Waals surface area contributed by atoms with Gasteiger partial charge in [-0.25, -0.2) is 0 Å². The van der Waals surface area contributed by atoms with Crippen LogP contribution in [0.15, 0.2) is 0 Å². The monoisotopic (exact) mass is 296 g/mol. The zero-order valence-corrected chi connectivity index (χ0v) is 9.47. The Bertz CT molecular complexity index is 34.8. The van der Waals surface area contributed by atoms with Gasteiger partial charge in [0.2, 0.25) is 0 Å². The average Bonchev–Trinajstić information content (AvgIpc) is 1.41. The van der Waals surface area contributed by atoms with Crippen molar-refractivity contribution in [3.63, 3.8) is 0 Å². The van der Waals surface area contributed by atoms with Gasteiger partial charge in [0.15, 0.2) is 0 Å². The Morgan fingerprint density at radius 2 is 1.50 bits per heavy atom. The van der Waals surface area contributed by atoms with Gasteiger partial charge in [-0.05, 0) is 0 Å². The summed E-state index contributed by atoms with van der Waals surface area (Å²) in [6.07, 6.45) is 0. The van der Waals surface area contributed by atoms with Crippen molar-refractivity contribution in [1.82, 2.24) is 0 Å². The molecule has 0 amide bonds. The van der Waals surface area contributed by atoms with Crippen molar-refractivity contribution in [2.45, 2.75) is 0 Å². The van der Waals surface area contributed by atoms with E-state index in [0.29, 0.717) is 0 Å². The van der Waals surface area contributed by atoms with E-state index in [4.69, 9.17) is 0 Å². The molecule has 0 aromatic heterocycles. The van der Waals surface area contributed by atoms with Crippen molar-refractivity contribution in [3.05, 3.63) is 0 Å². The van der Waals surface area contributed by atoms with E-state index >= 15 is 0 Å². The van der Waals surface area contributed by atoms with Gasteiger partial charge in [0.1, 0.15) is 0 Å². The standard InChI is InChI=1S/2In.H2O.3O/h;;1H2;;;. The third kappa shape index (κ3) is 8.92. The van der Waals surface area contributed by atoms with E-state index in [2.05, 4.69) is 0.972 Å². The topological polar surface area (TPSA) is 74.9 Å². The molecule has 6 heteroatoms. The summed E-state index contributed by atoms with van der Waals surface area (Å²) in [6.45, 7) is 0. The first kappa shape index (κ1) is 10.2.